The van der Waals surface area contributed by atoms with Crippen LogP contribution in [0, 0.1) is 5.41 Å². The van der Waals surface area contributed by atoms with Crippen LogP contribution in [0.25, 0.3) is 0 Å². The molecule has 0 aliphatic heterocycles. The van der Waals surface area contributed by atoms with Crippen LogP contribution in [-0.4, -0.2) is 16.3 Å². The third-order valence-electron chi connectivity index (χ3n) is 3.78. The van der Waals surface area contributed by atoms with E-state index in [4.69, 9.17) is 5.73 Å². The Bertz CT molecular complexity index is 273. The van der Waals surface area contributed by atoms with Crippen molar-refractivity contribution in [1.82, 2.24) is 9.78 Å². The van der Waals surface area contributed by atoms with Gasteiger partial charge in [-0.2, -0.15) is 5.10 Å². The molecule has 0 radical (unpaired) electrons. The highest BCUT2D eigenvalue weighted by Gasteiger charge is 2.30. The molecule has 0 atom stereocenters. The number of nitrogens with two attached hydrogens (primary N) is 1. The van der Waals surface area contributed by atoms with E-state index in [1.807, 2.05) is 23.1 Å². The van der Waals surface area contributed by atoms with Crippen molar-refractivity contribution in [2.24, 2.45) is 11.1 Å². The fourth-order valence-corrected chi connectivity index (χ4v) is 2.64. The Kier molecular flexibility index (Phi) is 3.41. The third kappa shape index (κ3) is 2.59. The maximum absolute atomic E-state index is 5.95. The molecule has 2 rings (SSSR count). The predicted molar refractivity (Wildman–Crippen MR) is 61.4 cm³/mol. The molecule has 1 saturated carbocycles. The molecule has 0 saturated heterocycles. The van der Waals surface area contributed by atoms with Crippen LogP contribution in [0.15, 0.2) is 18.5 Å². The molecule has 0 unspecified atom stereocenters. The minimum absolute atomic E-state index is 0.407. The van der Waals surface area contributed by atoms with Gasteiger partial charge in [0.05, 0.1) is 0 Å². The van der Waals surface area contributed by atoms with Crippen LogP contribution in [0.4, 0.5) is 0 Å². The van der Waals surface area contributed by atoms with Crippen LogP contribution in [0.2, 0.25) is 0 Å². The van der Waals surface area contributed by atoms with Gasteiger partial charge in [0, 0.05) is 18.9 Å². The van der Waals surface area contributed by atoms with E-state index in [0.29, 0.717) is 5.41 Å². The average Bonchev–Trinajstić information content (AvgIpc) is 2.81. The zero-order valence-electron chi connectivity index (χ0n) is 9.36. The van der Waals surface area contributed by atoms with E-state index in [1.165, 1.54) is 38.5 Å². The number of aryl methyl sites for hydroxylation is 1. The maximum atomic E-state index is 5.95. The molecule has 2 N–H and O–H groups in total. The minimum atomic E-state index is 0.407. The Morgan fingerprint density at radius 2 is 2.07 bits per heavy atom. The highest BCUT2D eigenvalue weighted by molar-refractivity contribution is 4.85. The first kappa shape index (κ1) is 10.7. The summed E-state index contributed by atoms with van der Waals surface area (Å²) in [6, 6.07) is 1.98. The molecule has 0 bridgehead atoms. The van der Waals surface area contributed by atoms with Crippen molar-refractivity contribution in [1.29, 1.82) is 0 Å². The van der Waals surface area contributed by atoms with Crippen LogP contribution >= 0.6 is 0 Å². The summed E-state index contributed by atoms with van der Waals surface area (Å²) in [5, 5.41) is 4.24. The largest absolute Gasteiger partial charge is 0.330 e. The molecule has 0 amide bonds. The lowest BCUT2D eigenvalue weighted by atomic mass is 9.72. The first-order valence-electron chi connectivity index (χ1n) is 6.02. The summed E-state index contributed by atoms with van der Waals surface area (Å²) in [5.74, 6) is 0. The van der Waals surface area contributed by atoms with Crippen molar-refractivity contribution in [2.45, 2.75) is 45.1 Å². The summed E-state index contributed by atoms with van der Waals surface area (Å²) < 4.78 is 2.02. The van der Waals surface area contributed by atoms with Gasteiger partial charge in [-0.3, -0.25) is 4.68 Å². The van der Waals surface area contributed by atoms with Crippen molar-refractivity contribution >= 4 is 0 Å². The SMILES string of the molecule is NCC1(CCn2cccn2)CCCCC1. The lowest BCUT2D eigenvalue weighted by molar-refractivity contribution is 0.171. The second-order valence-corrected chi connectivity index (χ2v) is 4.78. The van der Waals surface area contributed by atoms with Crippen molar-refractivity contribution in [2.75, 3.05) is 6.54 Å². The van der Waals surface area contributed by atoms with E-state index in [2.05, 4.69) is 5.10 Å². The van der Waals surface area contributed by atoms with Gasteiger partial charge < -0.3 is 5.73 Å². The number of rotatable bonds is 4. The highest BCUT2D eigenvalue weighted by Crippen LogP contribution is 2.38. The van der Waals surface area contributed by atoms with E-state index >= 15 is 0 Å². The smallest absolute Gasteiger partial charge is 0.0489 e. The van der Waals surface area contributed by atoms with E-state index < -0.39 is 0 Å². The third-order valence-corrected chi connectivity index (χ3v) is 3.78. The second-order valence-electron chi connectivity index (χ2n) is 4.78. The molecule has 3 nitrogen and oxygen atoms in total. The summed E-state index contributed by atoms with van der Waals surface area (Å²) in [6.07, 6.45) is 11.8. The Balaban J connectivity index is 1.89. The maximum Gasteiger partial charge on any atom is 0.0489 e. The van der Waals surface area contributed by atoms with Crippen molar-refractivity contribution in [3.63, 3.8) is 0 Å². The Morgan fingerprint density at radius 1 is 1.27 bits per heavy atom. The van der Waals surface area contributed by atoms with Crippen molar-refractivity contribution in [3.05, 3.63) is 18.5 Å². The van der Waals surface area contributed by atoms with Crippen LogP contribution in [0.1, 0.15) is 38.5 Å². The Morgan fingerprint density at radius 3 is 2.67 bits per heavy atom. The summed E-state index contributed by atoms with van der Waals surface area (Å²) in [7, 11) is 0. The first-order chi connectivity index (χ1) is 7.35. The van der Waals surface area contributed by atoms with Crippen molar-refractivity contribution in [3.8, 4) is 0 Å². The number of aromatic nitrogens is 2. The van der Waals surface area contributed by atoms with Gasteiger partial charge >= 0.3 is 0 Å². The summed E-state index contributed by atoms with van der Waals surface area (Å²) >= 11 is 0. The van der Waals surface area contributed by atoms with Crippen LogP contribution in [0.3, 0.4) is 0 Å². The Hall–Kier alpha value is -0.830. The molecule has 1 heterocycles. The minimum Gasteiger partial charge on any atom is -0.330 e. The highest BCUT2D eigenvalue weighted by atomic mass is 15.3. The van der Waals surface area contributed by atoms with Gasteiger partial charge in [-0.25, -0.2) is 0 Å². The van der Waals surface area contributed by atoms with Gasteiger partial charge in [0.25, 0.3) is 0 Å². The fraction of sp³-hybridized carbons (Fsp3) is 0.750. The molecule has 84 valence electrons. The number of nitrogens with zero attached hydrogens (tertiary/aromatic N) is 2. The van der Waals surface area contributed by atoms with E-state index in [1.54, 1.807) is 0 Å². The summed E-state index contributed by atoms with van der Waals surface area (Å²) in [4.78, 5) is 0. The molecular formula is C12H21N3. The molecule has 0 aromatic carbocycles. The summed E-state index contributed by atoms with van der Waals surface area (Å²) in [6.45, 7) is 1.86. The predicted octanol–water partition coefficient (Wildman–Crippen LogP) is 2.18. The fourth-order valence-electron chi connectivity index (χ4n) is 2.64. The van der Waals surface area contributed by atoms with Crippen LogP contribution < -0.4 is 5.73 Å². The normalized spacial score (nSPS) is 20.3. The molecule has 15 heavy (non-hydrogen) atoms. The lowest BCUT2D eigenvalue weighted by Gasteiger charge is -2.36. The number of hydrogen-bond acceptors (Lipinski definition) is 2. The zero-order valence-corrected chi connectivity index (χ0v) is 9.36. The van der Waals surface area contributed by atoms with Crippen molar-refractivity contribution < 1.29 is 0 Å². The molecule has 3 heteroatoms. The molecular weight excluding hydrogens is 186 g/mol. The zero-order chi connectivity index (χ0) is 10.6. The first-order valence-corrected chi connectivity index (χ1v) is 6.02. The van der Waals surface area contributed by atoms with Gasteiger partial charge in [0.1, 0.15) is 0 Å². The molecule has 1 fully saturated rings. The van der Waals surface area contributed by atoms with E-state index in [9.17, 15) is 0 Å². The standard InChI is InChI=1S/C12H21N3/c13-11-12(5-2-1-3-6-12)7-10-15-9-4-8-14-15/h4,8-9H,1-3,5-7,10-11,13H2. The second kappa shape index (κ2) is 4.79. The van der Waals surface area contributed by atoms with Gasteiger partial charge in [0.15, 0.2) is 0 Å². The summed E-state index contributed by atoms with van der Waals surface area (Å²) in [5.41, 5.74) is 6.35. The van der Waals surface area contributed by atoms with E-state index in [-0.39, 0.29) is 0 Å². The molecule has 0 spiro atoms. The van der Waals surface area contributed by atoms with E-state index in [0.717, 1.165) is 13.1 Å². The lowest BCUT2D eigenvalue weighted by Crippen LogP contribution is -2.33. The average molecular weight is 207 g/mol. The van der Waals surface area contributed by atoms with Gasteiger partial charge in [-0.1, -0.05) is 19.3 Å². The molecule has 1 aliphatic carbocycles. The Labute approximate surface area is 91.7 Å². The molecule has 1 aliphatic rings. The topological polar surface area (TPSA) is 43.8 Å². The molecule has 1 aromatic rings. The quantitative estimate of drug-likeness (QED) is 0.822. The van der Waals surface area contributed by atoms with Gasteiger partial charge in [0.2, 0.25) is 0 Å². The number of hydrogen-bond donors (Lipinski definition) is 1. The van der Waals surface area contributed by atoms with Gasteiger partial charge in [-0.05, 0) is 37.3 Å². The monoisotopic (exact) mass is 207 g/mol. The van der Waals surface area contributed by atoms with Crippen LogP contribution in [-0.2, 0) is 6.54 Å². The van der Waals surface area contributed by atoms with Crippen LogP contribution in [0.5, 0.6) is 0 Å². The molecule has 1 aromatic heterocycles. The van der Waals surface area contributed by atoms with Gasteiger partial charge in [-0.15, -0.1) is 0 Å².